The summed E-state index contributed by atoms with van der Waals surface area (Å²) in [5.74, 6) is 0. The van der Waals surface area contributed by atoms with Crippen LogP contribution in [0.4, 0.5) is 45.5 Å². The summed E-state index contributed by atoms with van der Waals surface area (Å²) in [6.45, 7) is 0. The third-order valence-corrected chi connectivity index (χ3v) is 7.86. The van der Waals surface area contributed by atoms with Crippen LogP contribution in [0, 0.1) is 0 Å². The van der Waals surface area contributed by atoms with Gasteiger partial charge in [-0.15, -0.1) is 0 Å². The molecule has 0 unspecified atom stereocenters. The normalized spacial score (nSPS) is 10.7. The molecular formula is C40H38N4. The van der Waals surface area contributed by atoms with Gasteiger partial charge in [-0.25, -0.2) is 0 Å². The van der Waals surface area contributed by atoms with Crippen molar-refractivity contribution >= 4 is 45.5 Å². The molecule has 0 aromatic heterocycles. The highest BCUT2D eigenvalue weighted by Gasteiger charge is 2.15. The lowest BCUT2D eigenvalue weighted by Crippen LogP contribution is -2.11. The SMILES string of the molecule is CN(C)c1ccc(N(c2ccccc2)c2ccc(-c3ccc(N(c4ccccc4)c4ccc(N(C)C)cc4)cc3)cc2)cc1. The highest BCUT2D eigenvalue weighted by Crippen LogP contribution is 2.38. The lowest BCUT2D eigenvalue weighted by molar-refractivity contribution is 1.13. The minimum atomic E-state index is 1.12. The molecule has 6 aromatic rings. The first-order valence-corrected chi connectivity index (χ1v) is 14.9. The summed E-state index contributed by atoms with van der Waals surface area (Å²) in [4.78, 5) is 8.84. The Morgan fingerprint density at radius 1 is 0.250 bits per heavy atom. The maximum atomic E-state index is 2.30. The van der Waals surface area contributed by atoms with Crippen molar-refractivity contribution in [2.45, 2.75) is 0 Å². The maximum Gasteiger partial charge on any atom is 0.0463 e. The van der Waals surface area contributed by atoms with Gasteiger partial charge in [-0.1, -0.05) is 60.7 Å². The van der Waals surface area contributed by atoms with Gasteiger partial charge in [0.2, 0.25) is 0 Å². The molecule has 218 valence electrons. The van der Waals surface area contributed by atoms with Gasteiger partial charge in [-0.3, -0.25) is 0 Å². The highest BCUT2D eigenvalue weighted by atomic mass is 15.1. The molecule has 44 heavy (non-hydrogen) atoms. The van der Waals surface area contributed by atoms with Gasteiger partial charge < -0.3 is 19.6 Å². The first-order chi connectivity index (χ1) is 21.5. The minimum Gasteiger partial charge on any atom is -0.378 e. The topological polar surface area (TPSA) is 13.0 Å². The van der Waals surface area contributed by atoms with E-state index in [1.807, 2.05) is 0 Å². The monoisotopic (exact) mass is 574 g/mol. The molecule has 0 atom stereocenters. The van der Waals surface area contributed by atoms with E-state index in [0.717, 1.165) is 34.1 Å². The van der Waals surface area contributed by atoms with Gasteiger partial charge in [-0.2, -0.15) is 0 Å². The first-order valence-electron chi connectivity index (χ1n) is 14.9. The zero-order chi connectivity index (χ0) is 30.5. The third kappa shape index (κ3) is 6.16. The smallest absolute Gasteiger partial charge is 0.0463 e. The third-order valence-electron chi connectivity index (χ3n) is 7.86. The second-order valence-electron chi connectivity index (χ2n) is 11.3. The van der Waals surface area contributed by atoms with Crippen molar-refractivity contribution in [2.24, 2.45) is 0 Å². The Labute approximate surface area is 261 Å². The van der Waals surface area contributed by atoms with Crippen LogP contribution in [0.1, 0.15) is 0 Å². The molecule has 0 bridgehead atoms. The molecule has 0 aliphatic rings. The Balaban J connectivity index is 1.30. The lowest BCUT2D eigenvalue weighted by Gasteiger charge is -2.27. The summed E-state index contributed by atoms with van der Waals surface area (Å²) in [7, 11) is 8.27. The number of rotatable bonds is 9. The fraction of sp³-hybridized carbons (Fsp3) is 0.100. The van der Waals surface area contributed by atoms with Crippen LogP contribution in [0.15, 0.2) is 158 Å². The molecule has 4 nitrogen and oxygen atoms in total. The Morgan fingerprint density at radius 2 is 0.477 bits per heavy atom. The zero-order valence-electron chi connectivity index (χ0n) is 25.8. The zero-order valence-corrected chi connectivity index (χ0v) is 25.8. The quantitative estimate of drug-likeness (QED) is 0.170. The first kappa shape index (κ1) is 28.6. The highest BCUT2D eigenvalue weighted by molar-refractivity contribution is 5.81. The van der Waals surface area contributed by atoms with Crippen LogP contribution >= 0.6 is 0 Å². The molecular weight excluding hydrogens is 536 g/mol. The summed E-state index contributed by atoms with van der Waals surface area (Å²) in [6, 6.07) is 56.1. The standard InChI is InChI=1S/C40H38N4/c1-41(2)33-23-27-39(28-24-33)43(35-11-7-5-8-12-35)37-19-15-31(16-20-37)32-17-21-38(22-18-32)44(36-13-9-6-10-14-36)40-29-25-34(26-30-40)42(3)4/h5-30H,1-4H3. The lowest BCUT2D eigenvalue weighted by atomic mass is 10.0. The van der Waals surface area contributed by atoms with Crippen molar-refractivity contribution < 1.29 is 0 Å². The van der Waals surface area contributed by atoms with Gasteiger partial charge in [0, 0.05) is 73.7 Å². The van der Waals surface area contributed by atoms with E-state index in [1.165, 1.54) is 22.5 Å². The largest absolute Gasteiger partial charge is 0.378 e. The molecule has 0 spiro atoms. The van der Waals surface area contributed by atoms with Crippen LogP contribution in [0.2, 0.25) is 0 Å². The van der Waals surface area contributed by atoms with E-state index in [-0.39, 0.29) is 0 Å². The van der Waals surface area contributed by atoms with Crippen LogP contribution in [0.3, 0.4) is 0 Å². The van der Waals surface area contributed by atoms with Gasteiger partial charge in [0.05, 0.1) is 0 Å². The molecule has 0 heterocycles. The van der Waals surface area contributed by atoms with Crippen molar-refractivity contribution in [3.05, 3.63) is 158 Å². The Morgan fingerprint density at radius 3 is 0.750 bits per heavy atom. The van der Waals surface area contributed by atoms with Gasteiger partial charge in [0.15, 0.2) is 0 Å². The van der Waals surface area contributed by atoms with Crippen LogP contribution in [-0.2, 0) is 0 Å². The second-order valence-corrected chi connectivity index (χ2v) is 11.3. The molecule has 0 aliphatic heterocycles. The van der Waals surface area contributed by atoms with Crippen molar-refractivity contribution in [1.82, 2.24) is 0 Å². The molecule has 0 saturated carbocycles. The van der Waals surface area contributed by atoms with Gasteiger partial charge in [0.25, 0.3) is 0 Å². The summed E-state index contributed by atoms with van der Waals surface area (Å²) < 4.78 is 0. The summed E-state index contributed by atoms with van der Waals surface area (Å²) >= 11 is 0. The van der Waals surface area contributed by atoms with Gasteiger partial charge in [-0.05, 0) is 108 Å². The molecule has 6 aromatic carbocycles. The van der Waals surface area contributed by atoms with E-state index in [4.69, 9.17) is 0 Å². The van der Waals surface area contributed by atoms with E-state index in [0.29, 0.717) is 0 Å². The average Bonchev–Trinajstić information content (AvgIpc) is 3.07. The van der Waals surface area contributed by atoms with Crippen molar-refractivity contribution in [2.75, 3.05) is 47.8 Å². The Kier molecular flexibility index (Phi) is 8.33. The Bertz CT molecular complexity index is 1620. The number of benzene rings is 6. The minimum absolute atomic E-state index is 1.12. The predicted octanol–water partition coefficient (Wildman–Crippen LogP) is 10.4. The van der Waals surface area contributed by atoms with E-state index >= 15 is 0 Å². The predicted molar refractivity (Wildman–Crippen MR) is 190 cm³/mol. The number of para-hydroxylation sites is 2. The van der Waals surface area contributed by atoms with Crippen molar-refractivity contribution in [1.29, 1.82) is 0 Å². The maximum absolute atomic E-state index is 2.30. The van der Waals surface area contributed by atoms with E-state index < -0.39 is 0 Å². The number of nitrogens with zero attached hydrogens (tertiary/aromatic N) is 4. The molecule has 0 N–H and O–H groups in total. The summed E-state index contributed by atoms with van der Waals surface area (Å²) in [5, 5.41) is 0. The molecule has 0 amide bonds. The van der Waals surface area contributed by atoms with Crippen LogP contribution in [0.5, 0.6) is 0 Å². The molecule has 0 radical (unpaired) electrons. The van der Waals surface area contributed by atoms with E-state index in [1.54, 1.807) is 0 Å². The Hall–Kier alpha value is -5.48. The van der Waals surface area contributed by atoms with Crippen molar-refractivity contribution in [3.8, 4) is 11.1 Å². The number of hydrogen-bond donors (Lipinski definition) is 0. The molecule has 0 fully saturated rings. The van der Waals surface area contributed by atoms with Crippen molar-refractivity contribution in [3.63, 3.8) is 0 Å². The molecule has 0 saturated heterocycles. The van der Waals surface area contributed by atoms with Crippen LogP contribution in [0.25, 0.3) is 11.1 Å². The van der Waals surface area contributed by atoms with Gasteiger partial charge in [0.1, 0.15) is 0 Å². The second kappa shape index (κ2) is 12.8. The van der Waals surface area contributed by atoms with Crippen LogP contribution < -0.4 is 19.6 Å². The van der Waals surface area contributed by atoms with Crippen LogP contribution in [-0.4, -0.2) is 28.2 Å². The average molecular weight is 575 g/mol. The molecule has 4 heteroatoms. The summed E-state index contributed by atoms with van der Waals surface area (Å²) in [6.07, 6.45) is 0. The van der Waals surface area contributed by atoms with E-state index in [2.05, 4.69) is 206 Å². The summed E-state index contributed by atoms with van der Waals surface area (Å²) in [5.41, 5.74) is 11.4. The van der Waals surface area contributed by atoms with Gasteiger partial charge >= 0.3 is 0 Å². The molecule has 0 aliphatic carbocycles. The molecule has 6 rings (SSSR count). The number of hydrogen-bond acceptors (Lipinski definition) is 4. The fourth-order valence-electron chi connectivity index (χ4n) is 5.45. The fourth-order valence-corrected chi connectivity index (χ4v) is 5.45. The van der Waals surface area contributed by atoms with E-state index in [9.17, 15) is 0 Å². The number of anilines is 8.